The molecular formula is C13H19N3O. The fourth-order valence-corrected chi connectivity index (χ4v) is 3.47. The zero-order chi connectivity index (χ0) is 11.3. The fraction of sp³-hybridized carbons (Fsp3) is 0.769. The second kappa shape index (κ2) is 3.56. The van der Waals surface area contributed by atoms with Crippen LogP contribution in [0.3, 0.4) is 0 Å². The number of hydrogen-bond acceptors (Lipinski definition) is 3. The third-order valence-corrected chi connectivity index (χ3v) is 4.69. The molecule has 4 rings (SSSR count). The zero-order valence-electron chi connectivity index (χ0n) is 10.1. The molecule has 1 aromatic heterocycles. The number of aromatic nitrogens is 2. The minimum absolute atomic E-state index is 0.181. The average molecular weight is 233 g/mol. The van der Waals surface area contributed by atoms with Gasteiger partial charge < -0.3 is 10.1 Å². The van der Waals surface area contributed by atoms with E-state index in [0.29, 0.717) is 5.41 Å². The van der Waals surface area contributed by atoms with Gasteiger partial charge in [0.25, 0.3) is 0 Å². The summed E-state index contributed by atoms with van der Waals surface area (Å²) in [5, 5.41) is 8.00. The molecule has 1 aliphatic carbocycles. The van der Waals surface area contributed by atoms with Crippen LogP contribution in [0.5, 0.6) is 0 Å². The van der Waals surface area contributed by atoms with Gasteiger partial charge in [0.15, 0.2) is 0 Å². The standard InChI is InChI=1S/C13H19N3O/c1-2-4-17-12(3-1)16-8-11(7-15-16)13-5-10(13)6-14-9-13/h7-8,10,12,14H,1-6,9H2. The van der Waals surface area contributed by atoms with Crippen LogP contribution in [0.25, 0.3) is 0 Å². The number of piperidine rings is 1. The highest BCUT2D eigenvalue weighted by Crippen LogP contribution is 2.56. The molecule has 0 bridgehead atoms. The lowest BCUT2D eigenvalue weighted by Crippen LogP contribution is -2.20. The van der Waals surface area contributed by atoms with Gasteiger partial charge in [0.1, 0.15) is 6.23 Å². The van der Waals surface area contributed by atoms with E-state index in [1.54, 1.807) is 0 Å². The van der Waals surface area contributed by atoms with Crippen molar-refractivity contribution in [2.24, 2.45) is 5.92 Å². The van der Waals surface area contributed by atoms with Gasteiger partial charge in [0.2, 0.25) is 0 Å². The van der Waals surface area contributed by atoms with Gasteiger partial charge in [-0.25, -0.2) is 4.68 Å². The van der Waals surface area contributed by atoms with Gasteiger partial charge in [0.05, 0.1) is 6.20 Å². The molecule has 2 saturated heterocycles. The Morgan fingerprint density at radius 1 is 1.47 bits per heavy atom. The molecule has 3 heterocycles. The van der Waals surface area contributed by atoms with Crippen LogP contribution in [-0.2, 0) is 10.2 Å². The second-order valence-corrected chi connectivity index (χ2v) is 5.72. The van der Waals surface area contributed by atoms with Gasteiger partial charge in [-0.2, -0.15) is 5.10 Å². The van der Waals surface area contributed by atoms with E-state index in [1.807, 2.05) is 4.68 Å². The van der Waals surface area contributed by atoms with Crippen molar-refractivity contribution >= 4 is 0 Å². The third kappa shape index (κ3) is 1.47. The van der Waals surface area contributed by atoms with Crippen molar-refractivity contribution in [1.82, 2.24) is 15.1 Å². The maximum absolute atomic E-state index is 5.77. The van der Waals surface area contributed by atoms with Gasteiger partial charge in [-0.05, 0) is 43.7 Å². The Labute approximate surface area is 101 Å². The van der Waals surface area contributed by atoms with E-state index in [1.165, 1.54) is 31.4 Å². The molecule has 3 unspecified atom stereocenters. The van der Waals surface area contributed by atoms with E-state index in [-0.39, 0.29) is 6.23 Å². The Kier molecular flexibility index (Phi) is 2.11. The number of rotatable bonds is 2. The molecule has 0 amide bonds. The van der Waals surface area contributed by atoms with Gasteiger partial charge in [-0.15, -0.1) is 0 Å². The largest absolute Gasteiger partial charge is 0.357 e. The van der Waals surface area contributed by atoms with Crippen LogP contribution in [-0.4, -0.2) is 29.5 Å². The predicted octanol–water partition coefficient (Wildman–Crippen LogP) is 1.44. The molecule has 17 heavy (non-hydrogen) atoms. The van der Waals surface area contributed by atoms with Gasteiger partial charge >= 0.3 is 0 Å². The van der Waals surface area contributed by atoms with Crippen LogP contribution in [0.4, 0.5) is 0 Å². The quantitative estimate of drug-likeness (QED) is 0.840. The second-order valence-electron chi connectivity index (χ2n) is 5.72. The maximum Gasteiger partial charge on any atom is 0.150 e. The Morgan fingerprint density at radius 2 is 2.47 bits per heavy atom. The minimum Gasteiger partial charge on any atom is -0.357 e. The lowest BCUT2D eigenvalue weighted by Gasteiger charge is -2.22. The average Bonchev–Trinajstić information content (AvgIpc) is 2.82. The number of fused-ring (bicyclic) bond motifs is 1. The summed E-state index contributed by atoms with van der Waals surface area (Å²) in [5.74, 6) is 0.854. The van der Waals surface area contributed by atoms with E-state index in [9.17, 15) is 0 Å². The predicted molar refractivity (Wildman–Crippen MR) is 63.7 cm³/mol. The molecule has 0 radical (unpaired) electrons. The van der Waals surface area contributed by atoms with Crippen molar-refractivity contribution in [1.29, 1.82) is 0 Å². The molecule has 92 valence electrons. The molecular weight excluding hydrogens is 214 g/mol. The molecule has 3 aliphatic rings. The smallest absolute Gasteiger partial charge is 0.150 e. The highest BCUT2D eigenvalue weighted by molar-refractivity contribution is 5.33. The van der Waals surface area contributed by atoms with Crippen molar-refractivity contribution in [3.05, 3.63) is 18.0 Å². The van der Waals surface area contributed by atoms with E-state index < -0.39 is 0 Å². The first-order chi connectivity index (χ1) is 8.38. The molecule has 1 saturated carbocycles. The summed E-state index contributed by atoms with van der Waals surface area (Å²) < 4.78 is 7.81. The van der Waals surface area contributed by atoms with Crippen molar-refractivity contribution in [2.45, 2.75) is 37.3 Å². The van der Waals surface area contributed by atoms with Crippen LogP contribution < -0.4 is 5.32 Å². The minimum atomic E-state index is 0.181. The summed E-state index contributed by atoms with van der Waals surface area (Å²) in [4.78, 5) is 0. The van der Waals surface area contributed by atoms with Crippen LogP contribution in [0.2, 0.25) is 0 Å². The highest BCUT2D eigenvalue weighted by Gasteiger charge is 2.58. The molecule has 4 nitrogen and oxygen atoms in total. The molecule has 0 aromatic carbocycles. The lowest BCUT2D eigenvalue weighted by atomic mass is 9.99. The fourth-order valence-electron chi connectivity index (χ4n) is 3.47. The highest BCUT2D eigenvalue weighted by atomic mass is 16.5. The van der Waals surface area contributed by atoms with Crippen LogP contribution in [0, 0.1) is 5.92 Å². The molecule has 0 spiro atoms. The van der Waals surface area contributed by atoms with E-state index >= 15 is 0 Å². The molecule has 1 N–H and O–H groups in total. The summed E-state index contributed by atoms with van der Waals surface area (Å²) in [7, 11) is 0. The zero-order valence-corrected chi connectivity index (χ0v) is 10.1. The Bertz CT molecular complexity index is 424. The monoisotopic (exact) mass is 233 g/mol. The van der Waals surface area contributed by atoms with Crippen LogP contribution in [0.15, 0.2) is 12.4 Å². The van der Waals surface area contributed by atoms with Gasteiger partial charge in [0, 0.05) is 24.8 Å². The molecule has 2 aliphatic heterocycles. The lowest BCUT2D eigenvalue weighted by molar-refractivity contribution is -0.0395. The van der Waals surface area contributed by atoms with Gasteiger partial charge in [-0.1, -0.05) is 0 Å². The number of nitrogens with zero attached hydrogens (tertiary/aromatic N) is 2. The third-order valence-electron chi connectivity index (χ3n) is 4.69. The summed E-state index contributed by atoms with van der Waals surface area (Å²) in [6.45, 7) is 3.20. The summed E-state index contributed by atoms with van der Waals surface area (Å²) >= 11 is 0. The molecule has 3 fully saturated rings. The normalized spacial score (nSPS) is 40.2. The topological polar surface area (TPSA) is 39.1 Å². The van der Waals surface area contributed by atoms with Crippen molar-refractivity contribution in [3.8, 4) is 0 Å². The van der Waals surface area contributed by atoms with Crippen molar-refractivity contribution < 1.29 is 4.74 Å². The van der Waals surface area contributed by atoms with Crippen molar-refractivity contribution in [2.75, 3.05) is 19.7 Å². The first-order valence-corrected chi connectivity index (χ1v) is 6.75. The first-order valence-electron chi connectivity index (χ1n) is 6.75. The van der Waals surface area contributed by atoms with Crippen LogP contribution >= 0.6 is 0 Å². The Balaban J connectivity index is 1.56. The number of hydrogen-bond donors (Lipinski definition) is 1. The van der Waals surface area contributed by atoms with Crippen LogP contribution in [0.1, 0.15) is 37.5 Å². The Morgan fingerprint density at radius 3 is 3.18 bits per heavy atom. The summed E-state index contributed by atoms with van der Waals surface area (Å²) in [5.41, 5.74) is 1.84. The van der Waals surface area contributed by atoms with E-state index in [4.69, 9.17) is 4.74 Å². The molecule has 4 heteroatoms. The Hall–Kier alpha value is -0.870. The molecule has 1 aromatic rings. The summed E-state index contributed by atoms with van der Waals surface area (Å²) in [6.07, 6.45) is 9.37. The summed E-state index contributed by atoms with van der Waals surface area (Å²) in [6, 6.07) is 0. The van der Waals surface area contributed by atoms with E-state index in [0.717, 1.165) is 25.5 Å². The maximum atomic E-state index is 5.77. The van der Waals surface area contributed by atoms with E-state index in [2.05, 4.69) is 22.8 Å². The first kappa shape index (κ1) is 10.1. The van der Waals surface area contributed by atoms with Gasteiger partial charge in [-0.3, -0.25) is 0 Å². The number of ether oxygens (including phenoxy) is 1. The SMILES string of the molecule is c1nn(C2CCCCO2)cc1C12CNCC1C2. The molecule has 3 atom stereocenters. The number of nitrogens with one attached hydrogen (secondary N) is 1. The van der Waals surface area contributed by atoms with Crippen molar-refractivity contribution in [3.63, 3.8) is 0 Å².